The fraction of sp³-hybridized carbons (Fsp3) is 0.200. The number of hydrogen-bond donors (Lipinski definition) is 1. The van der Waals surface area contributed by atoms with Crippen molar-refractivity contribution in [2.75, 3.05) is 0 Å². The second-order valence-electron chi connectivity index (χ2n) is 3.22. The minimum absolute atomic E-state index is 0.237. The van der Waals surface area contributed by atoms with E-state index in [1.54, 1.807) is 12.1 Å². The number of aromatic nitrogens is 2. The van der Waals surface area contributed by atoms with Crippen molar-refractivity contribution in [2.24, 2.45) is 5.73 Å². The molecule has 1 aromatic heterocycles. The Balaban J connectivity index is 2.20. The van der Waals surface area contributed by atoms with Crippen LogP contribution in [0.5, 0.6) is 0 Å². The summed E-state index contributed by atoms with van der Waals surface area (Å²) in [6, 6.07) is 5.29. The smallest absolute Gasteiger partial charge is 0.240 e. The predicted octanol–water partition coefficient (Wildman–Crippen LogP) is 2.43. The van der Waals surface area contributed by atoms with Crippen molar-refractivity contribution in [2.45, 2.75) is 13.0 Å². The van der Waals surface area contributed by atoms with Crippen LogP contribution >= 0.6 is 23.2 Å². The fourth-order valence-electron chi connectivity index (χ4n) is 1.28. The van der Waals surface area contributed by atoms with Gasteiger partial charge < -0.3 is 10.3 Å². The van der Waals surface area contributed by atoms with Gasteiger partial charge in [0.15, 0.2) is 5.82 Å². The molecule has 0 spiro atoms. The molecule has 1 heterocycles. The molecule has 2 rings (SSSR count). The highest BCUT2D eigenvalue weighted by atomic mass is 35.5. The maximum absolute atomic E-state index is 6.02. The van der Waals surface area contributed by atoms with Crippen LogP contribution in [0.3, 0.4) is 0 Å². The highest BCUT2D eigenvalue weighted by molar-refractivity contribution is 6.35. The summed E-state index contributed by atoms with van der Waals surface area (Å²) in [6.07, 6.45) is 0.500. The third-order valence-electron chi connectivity index (χ3n) is 2.05. The van der Waals surface area contributed by atoms with Crippen molar-refractivity contribution in [3.63, 3.8) is 0 Å². The third-order valence-corrected chi connectivity index (χ3v) is 2.64. The van der Waals surface area contributed by atoms with Crippen LogP contribution in [0.15, 0.2) is 22.7 Å². The second-order valence-corrected chi connectivity index (χ2v) is 4.06. The summed E-state index contributed by atoms with van der Waals surface area (Å²) in [6.45, 7) is 0.237. The Morgan fingerprint density at radius 1 is 1.31 bits per heavy atom. The molecule has 0 aliphatic heterocycles. The Kier molecular flexibility index (Phi) is 3.43. The maximum atomic E-state index is 6.02. The lowest BCUT2D eigenvalue weighted by Crippen LogP contribution is -1.97. The SMILES string of the molecule is NCc1nc(Cc2ccc(Cl)cc2Cl)no1. The first-order valence-electron chi connectivity index (χ1n) is 4.64. The number of hydrogen-bond acceptors (Lipinski definition) is 4. The molecule has 0 aliphatic carbocycles. The molecule has 0 aliphatic rings. The van der Waals surface area contributed by atoms with E-state index in [2.05, 4.69) is 10.1 Å². The van der Waals surface area contributed by atoms with Crippen LogP contribution in [-0.4, -0.2) is 10.1 Å². The van der Waals surface area contributed by atoms with E-state index in [0.29, 0.717) is 28.2 Å². The van der Waals surface area contributed by atoms with Crippen LogP contribution in [0.1, 0.15) is 17.3 Å². The lowest BCUT2D eigenvalue weighted by Gasteiger charge is -2.00. The van der Waals surface area contributed by atoms with E-state index in [1.807, 2.05) is 6.07 Å². The highest BCUT2D eigenvalue weighted by Gasteiger charge is 2.08. The van der Waals surface area contributed by atoms with E-state index in [4.69, 9.17) is 33.5 Å². The van der Waals surface area contributed by atoms with Gasteiger partial charge in [0.2, 0.25) is 5.89 Å². The minimum atomic E-state index is 0.237. The molecule has 2 aromatic rings. The molecule has 0 radical (unpaired) electrons. The zero-order valence-corrected chi connectivity index (χ0v) is 9.79. The lowest BCUT2D eigenvalue weighted by atomic mass is 10.1. The molecule has 0 bridgehead atoms. The highest BCUT2D eigenvalue weighted by Crippen LogP contribution is 2.22. The van der Waals surface area contributed by atoms with Gasteiger partial charge in [0.25, 0.3) is 0 Å². The summed E-state index contributed by atoms with van der Waals surface area (Å²) in [5, 5.41) is 4.98. The van der Waals surface area contributed by atoms with Crippen LogP contribution < -0.4 is 5.73 Å². The molecule has 0 amide bonds. The number of nitrogens with zero attached hydrogens (tertiary/aromatic N) is 2. The van der Waals surface area contributed by atoms with E-state index in [0.717, 1.165) is 5.56 Å². The van der Waals surface area contributed by atoms with Crippen LogP contribution in [0.4, 0.5) is 0 Å². The largest absolute Gasteiger partial charge is 0.338 e. The van der Waals surface area contributed by atoms with E-state index in [1.165, 1.54) is 0 Å². The topological polar surface area (TPSA) is 64.9 Å². The van der Waals surface area contributed by atoms with Crippen molar-refractivity contribution in [3.8, 4) is 0 Å². The van der Waals surface area contributed by atoms with Crippen molar-refractivity contribution >= 4 is 23.2 Å². The first-order chi connectivity index (χ1) is 7.69. The van der Waals surface area contributed by atoms with Crippen molar-refractivity contribution in [1.29, 1.82) is 0 Å². The number of nitrogens with two attached hydrogens (primary N) is 1. The number of benzene rings is 1. The number of rotatable bonds is 3. The fourth-order valence-corrected chi connectivity index (χ4v) is 1.76. The van der Waals surface area contributed by atoms with Gasteiger partial charge in [0, 0.05) is 16.5 Å². The van der Waals surface area contributed by atoms with Gasteiger partial charge in [-0.15, -0.1) is 0 Å². The summed E-state index contributed by atoms with van der Waals surface area (Å²) in [5.74, 6) is 0.977. The predicted molar refractivity (Wildman–Crippen MR) is 61.5 cm³/mol. The summed E-state index contributed by atoms with van der Waals surface area (Å²) in [5.41, 5.74) is 6.27. The summed E-state index contributed by atoms with van der Waals surface area (Å²) in [4.78, 5) is 4.09. The Morgan fingerprint density at radius 3 is 2.75 bits per heavy atom. The first-order valence-corrected chi connectivity index (χ1v) is 5.40. The molecular formula is C10H9Cl2N3O. The lowest BCUT2D eigenvalue weighted by molar-refractivity contribution is 0.375. The molecule has 0 fully saturated rings. The summed E-state index contributed by atoms with van der Waals surface area (Å²) >= 11 is 11.8. The van der Waals surface area contributed by atoms with Crippen LogP contribution in [0.25, 0.3) is 0 Å². The van der Waals surface area contributed by atoms with Gasteiger partial charge >= 0.3 is 0 Å². The van der Waals surface area contributed by atoms with Crippen molar-refractivity contribution in [1.82, 2.24) is 10.1 Å². The molecule has 1 aromatic carbocycles. The van der Waals surface area contributed by atoms with Gasteiger partial charge in [-0.2, -0.15) is 4.98 Å². The molecule has 0 unspecified atom stereocenters. The van der Waals surface area contributed by atoms with E-state index >= 15 is 0 Å². The Bertz CT molecular complexity index is 499. The number of halogens is 2. The Labute approximate surface area is 102 Å². The first kappa shape index (κ1) is 11.4. The standard InChI is InChI=1S/C10H9Cl2N3O/c11-7-2-1-6(8(12)4-7)3-9-14-10(5-13)16-15-9/h1-2,4H,3,5,13H2. The van der Waals surface area contributed by atoms with Gasteiger partial charge in [-0.05, 0) is 17.7 Å². The van der Waals surface area contributed by atoms with Crippen LogP contribution in [0.2, 0.25) is 10.0 Å². The summed E-state index contributed by atoms with van der Waals surface area (Å²) in [7, 11) is 0. The Morgan fingerprint density at radius 2 is 2.12 bits per heavy atom. The molecule has 2 N–H and O–H groups in total. The average Bonchev–Trinajstić information content (AvgIpc) is 2.70. The van der Waals surface area contributed by atoms with Crippen LogP contribution in [-0.2, 0) is 13.0 Å². The molecule has 4 nitrogen and oxygen atoms in total. The van der Waals surface area contributed by atoms with Gasteiger partial charge in [0.1, 0.15) is 0 Å². The van der Waals surface area contributed by atoms with E-state index in [-0.39, 0.29) is 6.54 Å². The molecule has 0 saturated carbocycles. The van der Waals surface area contributed by atoms with Crippen molar-refractivity contribution in [3.05, 3.63) is 45.5 Å². The third kappa shape index (κ3) is 2.52. The molecule has 84 valence electrons. The maximum Gasteiger partial charge on any atom is 0.240 e. The Hall–Kier alpha value is -1.10. The van der Waals surface area contributed by atoms with Gasteiger partial charge in [-0.25, -0.2) is 0 Å². The monoisotopic (exact) mass is 257 g/mol. The molecule has 0 saturated heterocycles. The quantitative estimate of drug-likeness (QED) is 0.918. The minimum Gasteiger partial charge on any atom is -0.338 e. The van der Waals surface area contributed by atoms with Gasteiger partial charge in [0.05, 0.1) is 6.54 Å². The average molecular weight is 258 g/mol. The van der Waals surface area contributed by atoms with E-state index < -0.39 is 0 Å². The van der Waals surface area contributed by atoms with Crippen LogP contribution in [0, 0.1) is 0 Å². The molecular weight excluding hydrogens is 249 g/mol. The zero-order valence-electron chi connectivity index (χ0n) is 8.28. The van der Waals surface area contributed by atoms with Crippen molar-refractivity contribution < 1.29 is 4.52 Å². The summed E-state index contributed by atoms with van der Waals surface area (Å²) < 4.78 is 4.89. The normalized spacial score (nSPS) is 10.7. The van der Waals surface area contributed by atoms with Gasteiger partial charge in [-0.1, -0.05) is 34.4 Å². The molecule has 16 heavy (non-hydrogen) atoms. The molecule has 0 atom stereocenters. The molecule has 6 heteroatoms. The van der Waals surface area contributed by atoms with Gasteiger partial charge in [-0.3, -0.25) is 0 Å². The second kappa shape index (κ2) is 4.82. The van der Waals surface area contributed by atoms with E-state index in [9.17, 15) is 0 Å². The zero-order chi connectivity index (χ0) is 11.5.